The van der Waals surface area contributed by atoms with Gasteiger partial charge < -0.3 is 4.74 Å². The van der Waals surface area contributed by atoms with Crippen LogP contribution in [0.15, 0.2) is 0 Å². The number of halogens is 7. The molecule has 7 unspecified atom stereocenters. The van der Waals surface area contributed by atoms with Gasteiger partial charge in [-0.1, -0.05) is 19.8 Å². The van der Waals surface area contributed by atoms with E-state index in [1.165, 1.54) is 4.31 Å². The van der Waals surface area contributed by atoms with Crippen molar-refractivity contribution >= 4 is 21.6 Å². The van der Waals surface area contributed by atoms with Crippen molar-refractivity contribution in [2.24, 2.45) is 17.8 Å². The third-order valence-electron chi connectivity index (χ3n) is 8.05. The van der Waals surface area contributed by atoms with Crippen LogP contribution in [0.3, 0.4) is 0 Å². The zero-order chi connectivity index (χ0) is 26.0. The molecule has 0 aliphatic heterocycles. The van der Waals surface area contributed by atoms with Crippen LogP contribution in [0.5, 0.6) is 0 Å². The maximum atomic E-state index is 13.4. The Balaban J connectivity index is 1.61. The zero-order valence-corrected chi connectivity index (χ0v) is 21.5. The molecule has 0 aromatic carbocycles. The summed E-state index contributed by atoms with van der Waals surface area (Å²) in [5, 5.41) is -2.11. The molecule has 0 spiro atoms. The molecular weight excluding hydrogens is 520 g/mol. The molecule has 0 radical (unpaired) electrons. The summed E-state index contributed by atoms with van der Waals surface area (Å²) >= 11 is 6.17. The summed E-state index contributed by atoms with van der Waals surface area (Å²) in [5.41, 5.74) is 0. The fraction of sp³-hybridized carbons (Fsp3) is 1.00. The van der Waals surface area contributed by atoms with E-state index in [1.807, 2.05) is 0 Å². The lowest BCUT2D eigenvalue weighted by atomic mass is 9.81. The van der Waals surface area contributed by atoms with Crippen molar-refractivity contribution in [3.8, 4) is 0 Å². The van der Waals surface area contributed by atoms with Crippen LogP contribution in [-0.2, 0) is 14.8 Å². The van der Waals surface area contributed by atoms with Crippen LogP contribution in [0.2, 0.25) is 0 Å². The molecule has 4 nitrogen and oxygen atoms in total. The predicted octanol–water partition coefficient (Wildman–Crippen LogP) is 6.67. The quantitative estimate of drug-likeness (QED) is 0.260. The first kappa shape index (κ1) is 29.3. The van der Waals surface area contributed by atoms with Crippen LogP contribution in [-0.4, -0.2) is 61.0 Å². The van der Waals surface area contributed by atoms with Crippen molar-refractivity contribution in [3.05, 3.63) is 0 Å². The molecule has 0 aromatic heterocycles. The fourth-order valence-electron chi connectivity index (χ4n) is 6.11. The van der Waals surface area contributed by atoms with E-state index in [1.54, 1.807) is 6.92 Å². The first-order chi connectivity index (χ1) is 16.2. The molecule has 7 atom stereocenters. The van der Waals surface area contributed by atoms with E-state index in [4.69, 9.17) is 16.3 Å². The lowest BCUT2D eigenvalue weighted by Gasteiger charge is -2.40. The monoisotopic (exact) mass is 555 g/mol. The Morgan fingerprint density at radius 3 is 2.17 bits per heavy atom. The van der Waals surface area contributed by atoms with Crippen LogP contribution in [0.25, 0.3) is 0 Å². The number of nitrogens with zero attached hydrogens (tertiary/aromatic N) is 1. The molecule has 35 heavy (non-hydrogen) atoms. The van der Waals surface area contributed by atoms with Crippen molar-refractivity contribution in [2.75, 3.05) is 13.2 Å². The van der Waals surface area contributed by atoms with Gasteiger partial charge >= 0.3 is 12.4 Å². The van der Waals surface area contributed by atoms with Crippen molar-refractivity contribution in [1.82, 2.24) is 4.31 Å². The van der Waals surface area contributed by atoms with E-state index in [9.17, 15) is 34.8 Å². The normalized spacial score (nSPS) is 35.9. The first-order valence-electron chi connectivity index (χ1n) is 12.6. The highest BCUT2D eigenvalue weighted by Gasteiger charge is 2.49. The highest BCUT2D eigenvalue weighted by molar-refractivity contribution is 7.89. The summed E-state index contributed by atoms with van der Waals surface area (Å²) in [4.78, 5) is 0. The molecule has 3 aliphatic rings. The standard InChI is InChI=1S/C23H36ClF6NO3S/c1-2-31(35(32,33)19-10-4-7-16(12-19)22(25,26)27)17-8-5-9-18(13-17)34-14-15-6-3-11-20(21(15)24)23(28,29)30/h15-21H,2-14H2,1H3. The number of sulfonamides is 1. The van der Waals surface area contributed by atoms with Crippen LogP contribution >= 0.6 is 11.6 Å². The van der Waals surface area contributed by atoms with Crippen LogP contribution < -0.4 is 0 Å². The predicted molar refractivity (Wildman–Crippen MR) is 122 cm³/mol. The molecule has 0 N–H and O–H groups in total. The Labute approximate surface area is 209 Å². The number of ether oxygens (including phenoxy) is 1. The zero-order valence-electron chi connectivity index (χ0n) is 20.0. The summed E-state index contributed by atoms with van der Waals surface area (Å²) in [6.07, 6.45) is -5.78. The van der Waals surface area contributed by atoms with Gasteiger partial charge in [-0.15, -0.1) is 11.6 Å². The Kier molecular flexibility index (Phi) is 9.74. The second-order valence-electron chi connectivity index (χ2n) is 10.3. The Bertz CT molecular complexity index is 793. The molecule has 3 fully saturated rings. The molecule has 0 aromatic rings. The van der Waals surface area contributed by atoms with E-state index in [-0.39, 0.29) is 44.9 Å². The third kappa shape index (κ3) is 7.19. The maximum absolute atomic E-state index is 13.4. The van der Waals surface area contributed by atoms with Gasteiger partial charge in [-0.05, 0) is 63.7 Å². The minimum absolute atomic E-state index is 0.0132. The van der Waals surface area contributed by atoms with Gasteiger partial charge in [0.1, 0.15) is 0 Å². The van der Waals surface area contributed by atoms with E-state index in [0.717, 1.165) is 0 Å². The van der Waals surface area contributed by atoms with Crippen molar-refractivity contribution in [2.45, 2.75) is 113 Å². The smallest absolute Gasteiger partial charge is 0.378 e. The fourth-order valence-corrected chi connectivity index (χ4v) is 8.87. The largest absolute Gasteiger partial charge is 0.393 e. The van der Waals surface area contributed by atoms with Gasteiger partial charge in [0.25, 0.3) is 0 Å². The molecule has 0 amide bonds. The van der Waals surface area contributed by atoms with Crippen molar-refractivity contribution in [3.63, 3.8) is 0 Å². The minimum atomic E-state index is -4.40. The maximum Gasteiger partial charge on any atom is 0.393 e. The summed E-state index contributed by atoms with van der Waals surface area (Å²) < 4.78 is 114. The Hall–Kier alpha value is -0.260. The van der Waals surface area contributed by atoms with Crippen LogP contribution in [0.1, 0.15) is 77.6 Å². The molecule has 3 rings (SSSR count). The van der Waals surface area contributed by atoms with Crippen molar-refractivity contribution < 1.29 is 39.5 Å². The summed E-state index contributed by atoms with van der Waals surface area (Å²) in [6, 6.07) is -0.393. The lowest BCUT2D eigenvalue weighted by Crippen LogP contribution is -2.49. The van der Waals surface area contributed by atoms with E-state index in [2.05, 4.69) is 0 Å². The second-order valence-corrected chi connectivity index (χ2v) is 13.0. The third-order valence-corrected chi connectivity index (χ3v) is 11.2. The number of hydrogen-bond donors (Lipinski definition) is 0. The highest BCUT2D eigenvalue weighted by atomic mass is 35.5. The summed E-state index contributed by atoms with van der Waals surface area (Å²) in [7, 11) is -3.93. The average molecular weight is 556 g/mol. The molecule has 12 heteroatoms. The van der Waals surface area contributed by atoms with Gasteiger partial charge in [0.2, 0.25) is 10.0 Å². The Morgan fingerprint density at radius 2 is 1.54 bits per heavy atom. The average Bonchev–Trinajstić information content (AvgIpc) is 2.78. The van der Waals surface area contributed by atoms with Gasteiger partial charge in [0, 0.05) is 12.6 Å². The van der Waals surface area contributed by atoms with Crippen LogP contribution in [0.4, 0.5) is 26.3 Å². The molecule has 3 saturated carbocycles. The molecule has 206 valence electrons. The topological polar surface area (TPSA) is 46.6 Å². The van der Waals surface area contributed by atoms with Gasteiger partial charge in [0.05, 0.1) is 35.2 Å². The van der Waals surface area contributed by atoms with E-state index in [0.29, 0.717) is 38.5 Å². The number of alkyl halides is 7. The molecular formula is C23H36ClF6NO3S. The van der Waals surface area contributed by atoms with Gasteiger partial charge in [-0.25, -0.2) is 8.42 Å². The summed E-state index contributed by atoms with van der Waals surface area (Å²) in [6.45, 7) is 1.93. The lowest BCUT2D eigenvalue weighted by molar-refractivity contribution is -0.186. The van der Waals surface area contributed by atoms with E-state index < -0.39 is 63.2 Å². The van der Waals surface area contributed by atoms with Gasteiger partial charge in [-0.2, -0.15) is 30.6 Å². The Morgan fingerprint density at radius 1 is 0.886 bits per heavy atom. The summed E-state index contributed by atoms with van der Waals surface area (Å²) in [5.74, 6) is -3.58. The van der Waals surface area contributed by atoms with Gasteiger partial charge in [-0.3, -0.25) is 0 Å². The highest BCUT2D eigenvalue weighted by Crippen LogP contribution is 2.44. The number of hydrogen-bond acceptors (Lipinski definition) is 3. The number of rotatable bonds is 7. The molecule has 3 aliphatic carbocycles. The first-order valence-corrected chi connectivity index (χ1v) is 14.6. The molecule has 0 saturated heterocycles. The van der Waals surface area contributed by atoms with Crippen molar-refractivity contribution in [1.29, 1.82) is 0 Å². The molecule has 0 heterocycles. The van der Waals surface area contributed by atoms with E-state index >= 15 is 0 Å². The van der Waals surface area contributed by atoms with Gasteiger partial charge in [0.15, 0.2) is 0 Å². The minimum Gasteiger partial charge on any atom is -0.378 e. The second kappa shape index (κ2) is 11.6. The van der Waals surface area contributed by atoms with Crippen LogP contribution in [0, 0.1) is 17.8 Å². The SMILES string of the molecule is CCN(C1CCCC(OCC2CCCC(C(F)(F)F)C2Cl)C1)S(=O)(=O)C1CCCC(C(F)(F)F)C1. The molecule has 0 bridgehead atoms.